The summed E-state index contributed by atoms with van der Waals surface area (Å²) >= 11 is 0. The maximum atomic E-state index is 4.23. The van der Waals surface area contributed by atoms with Crippen LogP contribution in [-0.2, 0) is 0 Å². The molecular weight excluding hydrogens is 166 g/mol. The summed E-state index contributed by atoms with van der Waals surface area (Å²) in [5, 5.41) is 4.20. The lowest BCUT2D eigenvalue weighted by atomic mass is 10.2. The Bertz CT molecular complexity index is 461. The molecule has 5 nitrogen and oxygen atoms in total. The Morgan fingerprint density at radius 2 is 2.46 bits per heavy atom. The summed E-state index contributed by atoms with van der Waals surface area (Å²) in [5.74, 6) is 0. The standard InChI is InChI=1S/C8H8N5/c1-6-8-7(4-9-5-10-8)12-3-2-11-13(6)12/h2-6H,1H3/q+1. The Hall–Kier alpha value is -1.78. The van der Waals surface area contributed by atoms with Crippen molar-refractivity contribution in [3.8, 4) is 5.69 Å². The topological polar surface area (TPSA) is 47.5 Å². The molecule has 1 aliphatic rings. The third-order valence-corrected chi connectivity index (χ3v) is 2.33. The molecule has 64 valence electrons. The first-order valence-corrected chi connectivity index (χ1v) is 4.13. The van der Waals surface area contributed by atoms with Crippen molar-refractivity contribution < 1.29 is 4.68 Å². The van der Waals surface area contributed by atoms with E-state index in [2.05, 4.69) is 22.0 Å². The van der Waals surface area contributed by atoms with Crippen LogP contribution in [0.25, 0.3) is 5.69 Å². The highest BCUT2D eigenvalue weighted by atomic mass is 15.6. The van der Waals surface area contributed by atoms with Crippen molar-refractivity contribution in [3.63, 3.8) is 0 Å². The summed E-state index contributed by atoms with van der Waals surface area (Å²) in [6, 6.07) is 0.202. The van der Waals surface area contributed by atoms with E-state index < -0.39 is 0 Å². The lowest BCUT2D eigenvalue weighted by Crippen LogP contribution is -2.36. The first kappa shape index (κ1) is 6.71. The second-order valence-corrected chi connectivity index (χ2v) is 3.05. The summed E-state index contributed by atoms with van der Waals surface area (Å²) < 4.78 is 1.96. The van der Waals surface area contributed by atoms with Crippen LogP contribution >= 0.6 is 0 Å². The van der Waals surface area contributed by atoms with Crippen LogP contribution in [0.4, 0.5) is 0 Å². The summed E-state index contributed by atoms with van der Waals surface area (Å²) in [7, 11) is 0. The number of rotatable bonds is 0. The lowest BCUT2D eigenvalue weighted by molar-refractivity contribution is -0.683. The predicted octanol–water partition coefficient (Wildman–Crippen LogP) is -0.128. The zero-order valence-electron chi connectivity index (χ0n) is 7.12. The van der Waals surface area contributed by atoms with Gasteiger partial charge in [-0.2, -0.15) is 0 Å². The molecule has 0 radical (unpaired) electrons. The summed E-state index contributed by atoms with van der Waals surface area (Å²) in [6.07, 6.45) is 7.06. The Morgan fingerprint density at radius 1 is 1.54 bits per heavy atom. The van der Waals surface area contributed by atoms with Crippen LogP contribution in [0.5, 0.6) is 0 Å². The fraction of sp³-hybridized carbons (Fsp3) is 0.250. The van der Waals surface area contributed by atoms with Gasteiger partial charge < -0.3 is 0 Å². The Morgan fingerprint density at radius 3 is 3.38 bits per heavy atom. The fourth-order valence-corrected chi connectivity index (χ4v) is 1.70. The normalized spacial score (nSPS) is 18.4. The van der Waals surface area contributed by atoms with Crippen molar-refractivity contribution >= 4 is 0 Å². The number of hydrogen-bond donors (Lipinski definition) is 0. The molecule has 0 aromatic carbocycles. The van der Waals surface area contributed by atoms with Crippen molar-refractivity contribution in [1.82, 2.24) is 19.9 Å². The molecule has 2 aromatic rings. The Kier molecular flexibility index (Phi) is 1.10. The molecule has 0 fully saturated rings. The summed E-state index contributed by atoms with van der Waals surface area (Å²) in [5.41, 5.74) is 2.05. The van der Waals surface area contributed by atoms with Gasteiger partial charge in [-0.3, -0.25) is 0 Å². The van der Waals surface area contributed by atoms with Gasteiger partial charge in [-0.25, -0.2) is 9.97 Å². The Labute approximate surface area is 74.7 Å². The van der Waals surface area contributed by atoms with E-state index in [4.69, 9.17) is 0 Å². The van der Waals surface area contributed by atoms with Crippen LogP contribution in [0.3, 0.4) is 0 Å². The minimum absolute atomic E-state index is 0.202. The second kappa shape index (κ2) is 2.12. The van der Waals surface area contributed by atoms with Gasteiger partial charge in [0.15, 0.2) is 17.9 Å². The maximum Gasteiger partial charge on any atom is 0.206 e. The maximum absolute atomic E-state index is 4.23. The first-order valence-electron chi connectivity index (χ1n) is 4.13. The zero-order valence-corrected chi connectivity index (χ0v) is 7.12. The third kappa shape index (κ3) is 0.708. The van der Waals surface area contributed by atoms with Gasteiger partial charge in [0.2, 0.25) is 6.20 Å². The van der Waals surface area contributed by atoms with E-state index in [-0.39, 0.29) is 6.04 Å². The SMILES string of the molecule is CC1c2ncncc2-[n+]2ccnn21. The first-order chi connectivity index (χ1) is 6.38. The summed E-state index contributed by atoms with van der Waals surface area (Å²) in [6.45, 7) is 2.07. The van der Waals surface area contributed by atoms with Gasteiger partial charge in [0.05, 0.1) is 6.20 Å². The molecule has 3 heterocycles. The molecule has 1 unspecified atom stereocenters. The third-order valence-electron chi connectivity index (χ3n) is 2.33. The molecule has 1 atom stereocenters. The summed E-state index contributed by atoms with van der Waals surface area (Å²) in [4.78, 5) is 10.1. The van der Waals surface area contributed by atoms with Crippen LogP contribution in [-0.4, -0.2) is 19.9 Å². The van der Waals surface area contributed by atoms with Crippen molar-refractivity contribution in [2.75, 3.05) is 0 Å². The molecule has 13 heavy (non-hydrogen) atoms. The molecule has 0 spiro atoms. The monoisotopic (exact) mass is 174 g/mol. The van der Waals surface area contributed by atoms with Gasteiger partial charge in [0.1, 0.15) is 12.0 Å². The van der Waals surface area contributed by atoms with Crippen LogP contribution in [0.2, 0.25) is 0 Å². The number of aromatic nitrogens is 5. The molecule has 3 rings (SSSR count). The van der Waals surface area contributed by atoms with E-state index in [0.29, 0.717) is 0 Å². The Balaban J connectivity index is 2.37. The average Bonchev–Trinajstić information content (AvgIpc) is 2.72. The molecule has 5 heteroatoms. The molecule has 0 saturated carbocycles. The minimum Gasteiger partial charge on any atom is -0.240 e. The van der Waals surface area contributed by atoms with E-state index in [1.807, 2.05) is 21.9 Å². The van der Waals surface area contributed by atoms with Crippen LogP contribution in [0.15, 0.2) is 24.9 Å². The lowest BCUT2D eigenvalue weighted by Gasteiger charge is -1.95. The minimum atomic E-state index is 0.202. The average molecular weight is 174 g/mol. The highest BCUT2D eigenvalue weighted by Crippen LogP contribution is 2.21. The highest BCUT2D eigenvalue weighted by Gasteiger charge is 2.33. The second-order valence-electron chi connectivity index (χ2n) is 3.05. The molecule has 1 aliphatic heterocycles. The molecule has 0 bridgehead atoms. The number of nitrogens with zero attached hydrogens (tertiary/aromatic N) is 5. The van der Waals surface area contributed by atoms with E-state index in [1.54, 1.807) is 12.5 Å². The van der Waals surface area contributed by atoms with E-state index in [0.717, 1.165) is 11.4 Å². The quantitative estimate of drug-likeness (QED) is 0.523. The fourth-order valence-electron chi connectivity index (χ4n) is 1.70. The zero-order chi connectivity index (χ0) is 8.84. The van der Waals surface area contributed by atoms with Gasteiger partial charge in [-0.05, 0) is 11.7 Å². The van der Waals surface area contributed by atoms with Crippen LogP contribution < -0.4 is 4.68 Å². The van der Waals surface area contributed by atoms with E-state index >= 15 is 0 Å². The van der Waals surface area contributed by atoms with Gasteiger partial charge in [0, 0.05) is 5.10 Å². The van der Waals surface area contributed by atoms with Crippen LogP contribution in [0.1, 0.15) is 18.7 Å². The van der Waals surface area contributed by atoms with E-state index in [9.17, 15) is 0 Å². The van der Waals surface area contributed by atoms with Crippen molar-refractivity contribution in [2.24, 2.45) is 0 Å². The molecule has 0 aliphatic carbocycles. The molecule has 0 N–H and O–H groups in total. The van der Waals surface area contributed by atoms with Crippen LogP contribution in [0, 0.1) is 0 Å². The molecule has 0 saturated heterocycles. The molecular formula is C8H8N5+. The molecule has 0 amide bonds. The van der Waals surface area contributed by atoms with Crippen molar-refractivity contribution in [2.45, 2.75) is 13.0 Å². The highest BCUT2D eigenvalue weighted by molar-refractivity contribution is 5.28. The van der Waals surface area contributed by atoms with Crippen molar-refractivity contribution in [3.05, 3.63) is 30.6 Å². The van der Waals surface area contributed by atoms with Gasteiger partial charge >= 0.3 is 0 Å². The largest absolute Gasteiger partial charge is 0.240 e. The number of fused-ring (bicyclic) bond motifs is 3. The van der Waals surface area contributed by atoms with E-state index in [1.165, 1.54) is 0 Å². The molecule has 2 aromatic heterocycles. The van der Waals surface area contributed by atoms with Gasteiger partial charge in [-0.1, -0.05) is 0 Å². The van der Waals surface area contributed by atoms with Gasteiger partial charge in [-0.15, -0.1) is 4.68 Å². The van der Waals surface area contributed by atoms with Gasteiger partial charge in [0.25, 0.3) is 0 Å². The smallest absolute Gasteiger partial charge is 0.206 e. The number of hydrogen-bond acceptors (Lipinski definition) is 3. The predicted molar refractivity (Wildman–Crippen MR) is 43.2 cm³/mol. The van der Waals surface area contributed by atoms with Crippen molar-refractivity contribution in [1.29, 1.82) is 0 Å².